The molecule has 4 N–H and O–H groups in total. The van der Waals surface area contributed by atoms with Crippen molar-refractivity contribution in [3.05, 3.63) is 71.8 Å². The van der Waals surface area contributed by atoms with Crippen LogP contribution in [0.15, 0.2) is 65.6 Å². The predicted octanol–water partition coefficient (Wildman–Crippen LogP) is 1.34. The molecule has 0 aliphatic carbocycles. The third kappa shape index (κ3) is 6.69. The van der Waals surface area contributed by atoms with Gasteiger partial charge in [-0.1, -0.05) is 42.5 Å². The van der Waals surface area contributed by atoms with Crippen molar-refractivity contribution in [3.63, 3.8) is 0 Å². The molecule has 0 aliphatic heterocycles. The molecule has 142 valence electrons. The number of amides is 2. The summed E-state index contributed by atoms with van der Waals surface area (Å²) in [5, 5.41) is 10.3. The minimum absolute atomic E-state index is 0.00208. The molecule has 0 saturated carbocycles. The fraction of sp³-hybridized carbons (Fsp3) is 0.158. The lowest BCUT2D eigenvalue weighted by atomic mass is 10.1. The molecule has 0 radical (unpaired) electrons. The lowest BCUT2D eigenvalue weighted by molar-refractivity contribution is -0.124. The van der Waals surface area contributed by atoms with Crippen LogP contribution in [0.25, 0.3) is 6.08 Å². The summed E-state index contributed by atoms with van der Waals surface area (Å²) in [4.78, 5) is 23.7. The SMILES string of the molecule is CC(NC(=O)CNC(=O)/C=C/c1ccccc1)c1ccc(S(N)(=O)=O)cc1. The Labute approximate surface area is 158 Å². The second-order valence-electron chi connectivity index (χ2n) is 5.87. The smallest absolute Gasteiger partial charge is 0.244 e. The number of nitrogens with one attached hydrogen (secondary N) is 2. The highest BCUT2D eigenvalue weighted by Gasteiger charge is 2.12. The van der Waals surface area contributed by atoms with Crippen molar-refractivity contribution in [2.75, 3.05) is 6.54 Å². The van der Waals surface area contributed by atoms with E-state index in [9.17, 15) is 18.0 Å². The van der Waals surface area contributed by atoms with Crippen molar-refractivity contribution in [2.24, 2.45) is 5.14 Å². The standard InChI is InChI=1S/C19H21N3O4S/c1-14(16-8-10-17(11-9-16)27(20,25)26)22-19(24)13-21-18(23)12-7-15-5-3-2-4-6-15/h2-12,14H,13H2,1H3,(H,21,23)(H,22,24)(H2,20,25,26)/b12-7+. The fourth-order valence-electron chi connectivity index (χ4n) is 2.28. The van der Waals surface area contributed by atoms with E-state index in [-0.39, 0.29) is 29.3 Å². The molecule has 0 aliphatic rings. The van der Waals surface area contributed by atoms with Crippen LogP contribution in [0.4, 0.5) is 0 Å². The lowest BCUT2D eigenvalue weighted by Gasteiger charge is -2.14. The normalized spacial score (nSPS) is 12.5. The molecule has 1 atom stereocenters. The van der Waals surface area contributed by atoms with E-state index in [0.717, 1.165) is 5.56 Å². The van der Waals surface area contributed by atoms with Crippen LogP contribution in [-0.2, 0) is 19.6 Å². The monoisotopic (exact) mass is 387 g/mol. The average Bonchev–Trinajstić information content (AvgIpc) is 2.65. The van der Waals surface area contributed by atoms with E-state index in [0.29, 0.717) is 5.56 Å². The van der Waals surface area contributed by atoms with Crippen molar-refractivity contribution in [1.29, 1.82) is 0 Å². The molecule has 27 heavy (non-hydrogen) atoms. The maximum absolute atomic E-state index is 12.0. The zero-order chi connectivity index (χ0) is 19.9. The van der Waals surface area contributed by atoms with Crippen LogP contribution < -0.4 is 15.8 Å². The highest BCUT2D eigenvalue weighted by atomic mass is 32.2. The Bertz CT molecular complexity index is 923. The van der Waals surface area contributed by atoms with E-state index in [1.165, 1.54) is 18.2 Å². The van der Waals surface area contributed by atoms with Crippen molar-refractivity contribution in [3.8, 4) is 0 Å². The van der Waals surface area contributed by atoms with Gasteiger partial charge in [0.15, 0.2) is 0 Å². The van der Waals surface area contributed by atoms with Gasteiger partial charge < -0.3 is 10.6 Å². The molecule has 0 aromatic heterocycles. The van der Waals surface area contributed by atoms with Crippen LogP contribution >= 0.6 is 0 Å². The van der Waals surface area contributed by atoms with Gasteiger partial charge in [0, 0.05) is 6.08 Å². The Morgan fingerprint density at radius 3 is 2.30 bits per heavy atom. The molecule has 7 nitrogen and oxygen atoms in total. The molecule has 0 bridgehead atoms. The number of nitrogens with two attached hydrogens (primary N) is 1. The predicted molar refractivity (Wildman–Crippen MR) is 103 cm³/mol. The number of sulfonamides is 1. The van der Waals surface area contributed by atoms with Gasteiger partial charge in [-0.2, -0.15) is 0 Å². The topological polar surface area (TPSA) is 118 Å². The number of primary sulfonamides is 1. The quantitative estimate of drug-likeness (QED) is 0.621. The van der Waals surface area contributed by atoms with E-state index >= 15 is 0 Å². The molecule has 2 aromatic carbocycles. The fourth-order valence-corrected chi connectivity index (χ4v) is 2.80. The maximum Gasteiger partial charge on any atom is 0.244 e. The van der Waals surface area contributed by atoms with Crippen LogP contribution in [0.5, 0.6) is 0 Å². The lowest BCUT2D eigenvalue weighted by Crippen LogP contribution is -2.37. The van der Waals surface area contributed by atoms with Crippen LogP contribution in [0, 0.1) is 0 Å². The summed E-state index contributed by atoms with van der Waals surface area (Å²) in [7, 11) is -3.75. The Morgan fingerprint density at radius 2 is 1.70 bits per heavy atom. The first-order chi connectivity index (χ1) is 12.8. The van der Waals surface area contributed by atoms with E-state index in [1.54, 1.807) is 25.1 Å². The third-order valence-electron chi connectivity index (χ3n) is 3.74. The van der Waals surface area contributed by atoms with Gasteiger partial charge in [-0.3, -0.25) is 9.59 Å². The highest BCUT2D eigenvalue weighted by Crippen LogP contribution is 2.15. The molecule has 0 heterocycles. The summed E-state index contributed by atoms with van der Waals surface area (Å²) in [6.45, 7) is 1.58. The minimum atomic E-state index is -3.75. The summed E-state index contributed by atoms with van der Waals surface area (Å²) in [6.07, 6.45) is 3.01. The van der Waals surface area contributed by atoms with Gasteiger partial charge in [0.1, 0.15) is 0 Å². The Balaban J connectivity index is 1.82. The number of benzene rings is 2. The largest absolute Gasteiger partial charge is 0.348 e. The van der Waals surface area contributed by atoms with Gasteiger partial charge in [-0.25, -0.2) is 13.6 Å². The summed E-state index contributed by atoms with van der Waals surface area (Å²) in [5.74, 6) is -0.737. The Morgan fingerprint density at radius 1 is 1.07 bits per heavy atom. The molecule has 8 heteroatoms. The molecular weight excluding hydrogens is 366 g/mol. The first kappa shape index (κ1) is 20.3. The molecular formula is C19H21N3O4S. The van der Waals surface area contributed by atoms with Gasteiger partial charge in [0.25, 0.3) is 0 Å². The summed E-state index contributed by atoms with van der Waals surface area (Å²) in [5.41, 5.74) is 1.60. The maximum atomic E-state index is 12.0. The van der Waals surface area contributed by atoms with E-state index < -0.39 is 10.0 Å². The molecule has 0 fully saturated rings. The van der Waals surface area contributed by atoms with E-state index in [4.69, 9.17) is 5.14 Å². The second-order valence-corrected chi connectivity index (χ2v) is 7.43. The second kappa shape index (κ2) is 9.11. The minimum Gasteiger partial charge on any atom is -0.348 e. The van der Waals surface area contributed by atoms with Crippen molar-refractivity contribution >= 4 is 27.9 Å². The number of carbonyl (C=O) groups excluding carboxylic acids is 2. The van der Waals surface area contributed by atoms with Gasteiger partial charge in [-0.15, -0.1) is 0 Å². The number of hydrogen-bond donors (Lipinski definition) is 3. The Kier molecular flexibility index (Phi) is 6.86. The molecule has 0 spiro atoms. The van der Waals surface area contributed by atoms with Crippen molar-refractivity contribution < 1.29 is 18.0 Å². The van der Waals surface area contributed by atoms with E-state index in [2.05, 4.69) is 10.6 Å². The molecule has 0 saturated heterocycles. The first-order valence-corrected chi connectivity index (χ1v) is 9.73. The number of hydrogen-bond acceptors (Lipinski definition) is 4. The van der Waals surface area contributed by atoms with Crippen LogP contribution in [-0.4, -0.2) is 26.8 Å². The molecule has 1 unspecified atom stereocenters. The molecule has 2 aromatic rings. The zero-order valence-corrected chi connectivity index (χ0v) is 15.6. The summed E-state index contributed by atoms with van der Waals surface area (Å²) in [6, 6.07) is 14.9. The zero-order valence-electron chi connectivity index (χ0n) is 14.8. The van der Waals surface area contributed by atoms with E-state index in [1.807, 2.05) is 30.3 Å². The van der Waals surface area contributed by atoms with Crippen LogP contribution in [0.3, 0.4) is 0 Å². The van der Waals surface area contributed by atoms with Gasteiger partial charge >= 0.3 is 0 Å². The highest BCUT2D eigenvalue weighted by molar-refractivity contribution is 7.89. The van der Waals surface area contributed by atoms with Crippen molar-refractivity contribution in [2.45, 2.75) is 17.9 Å². The van der Waals surface area contributed by atoms with Gasteiger partial charge in [0.05, 0.1) is 17.5 Å². The third-order valence-corrected chi connectivity index (χ3v) is 4.67. The van der Waals surface area contributed by atoms with Crippen LogP contribution in [0.2, 0.25) is 0 Å². The molecule has 2 rings (SSSR count). The van der Waals surface area contributed by atoms with Crippen LogP contribution in [0.1, 0.15) is 24.1 Å². The number of rotatable bonds is 7. The average molecular weight is 387 g/mol. The summed E-state index contributed by atoms with van der Waals surface area (Å²) >= 11 is 0. The van der Waals surface area contributed by atoms with Gasteiger partial charge in [0.2, 0.25) is 21.8 Å². The van der Waals surface area contributed by atoms with Gasteiger partial charge in [-0.05, 0) is 36.3 Å². The van der Waals surface area contributed by atoms with Crippen molar-refractivity contribution in [1.82, 2.24) is 10.6 Å². The Hall–Kier alpha value is -2.97. The molecule has 2 amide bonds. The summed E-state index contributed by atoms with van der Waals surface area (Å²) < 4.78 is 22.5. The first-order valence-electron chi connectivity index (χ1n) is 8.19. The number of carbonyl (C=O) groups is 2.